The Balaban J connectivity index is 1.79. The molecule has 0 bridgehead atoms. The monoisotopic (exact) mass is 280 g/mol. The molecular weight excluding hydrogens is 256 g/mol. The number of nitrogens with one attached hydrogen (secondary N) is 1. The quantitative estimate of drug-likeness (QED) is 0.871. The van der Waals surface area contributed by atoms with Crippen molar-refractivity contribution in [2.45, 2.75) is 45.6 Å². The van der Waals surface area contributed by atoms with Crippen LogP contribution < -0.4 is 11.1 Å². The Morgan fingerprint density at radius 1 is 1.42 bits per heavy atom. The number of hydrogen-bond acceptors (Lipinski definition) is 3. The zero-order valence-corrected chi connectivity index (χ0v) is 12.5. The normalized spacial score (nSPS) is 23.3. The van der Waals surface area contributed by atoms with Crippen molar-refractivity contribution in [2.24, 2.45) is 17.6 Å². The van der Waals surface area contributed by atoms with Crippen LogP contribution in [0.25, 0.3) is 0 Å². The van der Waals surface area contributed by atoms with Crippen molar-refractivity contribution >= 4 is 17.2 Å². The van der Waals surface area contributed by atoms with E-state index in [4.69, 9.17) is 5.73 Å². The highest BCUT2D eigenvalue weighted by Gasteiger charge is 2.25. The lowest BCUT2D eigenvalue weighted by Gasteiger charge is -2.26. The highest BCUT2D eigenvalue weighted by Crippen LogP contribution is 2.28. The zero-order valence-electron chi connectivity index (χ0n) is 11.7. The largest absolute Gasteiger partial charge is 0.351 e. The number of amides is 1. The SMILES string of the molecule is CCc1ccsc1CNC(=O)C1CCC(CN)CC1. The molecule has 1 aromatic rings. The minimum absolute atomic E-state index is 0.202. The lowest BCUT2D eigenvalue weighted by atomic mass is 9.81. The lowest BCUT2D eigenvalue weighted by Crippen LogP contribution is -2.33. The fourth-order valence-corrected chi connectivity index (χ4v) is 3.73. The summed E-state index contributed by atoms with van der Waals surface area (Å²) in [5.41, 5.74) is 7.04. The van der Waals surface area contributed by atoms with Crippen LogP contribution in [0.15, 0.2) is 11.4 Å². The molecule has 0 spiro atoms. The van der Waals surface area contributed by atoms with Gasteiger partial charge in [-0.05, 0) is 61.6 Å². The number of hydrogen-bond donors (Lipinski definition) is 2. The maximum atomic E-state index is 12.2. The summed E-state index contributed by atoms with van der Waals surface area (Å²) in [6.45, 7) is 3.61. The fourth-order valence-electron chi connectivity index (χ4n) is 2.81. The van der Waals surface area contributed by atoms with Crippen LogP contribution in [0.4, 0.5) is 0 Å². The molecule has 2 rings (SSSR count). The third-order valence-electron chi connectivity index (χ3n) is 4.19. The molecule has 3 N–H and O–H groups in total. The summed E-state index contributed by atoms with van der Waals surface area (Å²) in [4.78, 5) is 13.4. The zero-order chi connectivity index (χ0) is 13.7. The van der Waals surface area contributed by atoms with Gasteiger partial charge < -0.3 is 11.1 Å². The van der Waals surface area contributed by atoms with Crippen molar-refractivity contribution in [2.75, 3.05) is 6.54 Å². The maximum absolute atomic E-state index is 12.2. The van der Waals surface area contributed by atoms with Crippen molar-refractivity contribution in [1.29, 1.82) is 0 Å². The van der Waals surface area contributed by atoms with Crippen LogP contribution in [0.2, 0.25) is 0 Å². The summed E-state index contributed by atoms with van der Waals surface area (Å²) < 4.78 is 0. The first-order chi connectivity index (χ1) is 9.24. The summed E-state index contributed by atoms with van der Waals surface area (Å²) in [7, 11) is 0. The first kappa shape index (κ1) is 14.5. The highest BCUT2D eigenvalue weighted by molar-refractivity contribution is 7.10. The number of carbonyl (C=O) groups excluding carboxylic acids is 1. The first-order valence-corrected chi connectivity index (χ1v) is 8.15. The minimum Gasteiger partial charge on any atom is -0.351 e. The van der Waals surface area contributed by atoms with Gasteiger partial charge >= 0.3 is 0 Å². The number of carbonyl (C=O) groups is 1. The molecule has 1 aliphatic rings. The highest BCUT2D eigenvalue weighted by atomic mass is 32.1. The topological polar surface area (TPSA) is 55.1 Å². The summed E-state index contributed by atoms with van der Waals surface area (Å²) in [5, 5.41) is 5.21. The Labute approximate surface area is 119 Å². The lowest BCUT2D eigenvalue weighted by molar-refractivity contribution is -0.126. The van der Waals surface area contributed by atoms with E-state index in [1.165, 1.54) is 10.4 Å². The predicted molar refractivity (Wildman–Crippen MR) is 80.0 cm³/mol. The average Bonchev–Trinajstić information content (AvgIpc) is 2.92. The molecule has 1 aliphatic carbocycles. The predicted octanol–water partition coefficient (Wildman–Crippen LogP) is 2.69. The molecule has 1 saturated carbocycles. The molecule has 106 valence electrons. The Hall–Kier alpha value is -0.870. The van der Waals surface area contributed by atoms with Crippen LogP contribution in [-0.2, 0) is 17.8 Å². The number of rotatable bonds is 5. The van der Waals surface area contributed by atoms with E-state index in [9.17, 15) is 4.79 Å². The molecule has 0 aromatic carbocycles. The smallest absolute Gasteiger partial charge is 0.223 e. The Bertz CT molecular complexity index is 408. The number of aryl methyl sites for hydroxylation is 1. The van der Waals surface area contributed by atoms with Gasteiger partial charge in [-0.15, -0.1) is 11.3 Å². The summed E-state index contributed by atoms with van der Waals surface area (Å²) in [6, 6.07) is 2.15. The molecule has 0 radical (unpaired) electrons. The van der Waals surface area contributed by atoms with Gasteiger partial charge in [0.15, 0.2) is 0 Å². The molecule has 0 saturated heterocycles. The van der Waals surface area contributed by atoms with Crippen LogP contribution in [0.3, 0.4) is 0 Å². The van der Waals surface area contributed by atoms with Gasteiger partial charge in [0, 0.05) is 10.8 Å². The van der Waals surface area contributed by atoms with E-state index in [0.29, 0.717) is 12.5 Å². The molecule has 0 unspecified atom stereocenters. The Morgan fingerprint density at radius 3 is 2.79 bits per heavy atom. The van der Waals surface area contributed by atoms with Gasteiger partial charge in [0.05, 0.1) is 6.54 Å². The fraction of sp³-hybridized carbons (Fsp3) is 0.667. The van der Waals surface area contributed by atoms with E-state index in [1.54, 1.807) is 11.3 Å². The molecule has 3 nitrogen and oxygen atoms in total. The van der Waals surface area contributed by atoms with E-state index in [2.05, 4.69) is 23.7 Å². The number of thiophene rings is 1. The molecule has 19 heavy (non-hydrogen) atoms. The van der Waals surface area contributed by atoms with Crippen LogP contribution in [0, 0.1) is 11.8 Å². The minimum atomic E-state index is 0.202. The van der Waals surface area contributed by atoms with Gasteiger partial charge in [0.2, 0.25) is 5.91 Å². The molecule has 4 heteroatoms. The molecule has 1 fully saturated rings. The van der Waals surface area contributed by atoms with Crippen LogP contribution in [0.1, 0.15) is 43.0 Å². The van der Waals surface area contributed by atoms with E-state index in [1.807, 2.05) is 0 Å². The Morgan fingerprint density at radius 2 is 2.16 bits per heavy atom. The van der Waals surface area contributed by atoms with Crippen molar-refractivity contribution < 1.29 is 4.79 Å². The van der Waals surface area contributed by atoms with Crippen molar-refractivity contribution in [3.63, 3.8) is 0 Å². The van der Waals surface area contributed by atoms with Gasteiger partial charge in [0.25, 0.3) is 0 Å². The summed E-state index contributed by atoms with van der Waals surface area (Å²) >= 11 is 1.74. The van der Waals surface area contributed by atoms with Gasteiger partial charge in [-0.3, -0.25) is 4.79 Å². The molecule has 0 aliphatic heterocycles. The molecular formula is C15H24N2OS. The van der Waals surface area contributed by atoms with Gasteiger partial charge in [-0.2, -0.15) is 0 Å². The maximum Gasteiger partial charge on any atom is 0.223 e. The van der Waals surface area contributed by atoms with Gasteiger partial charge in [-0.1, -0.05) is 6.92 Å². The van der Waals surface area contributed by atoms with Gasteiger partial charge in [0.1, 0.15) is 0 Å². The second-order valence-corrected chi connectivity index (χ2v) is 6.39. The van der Waals surface area contributed by atoms with Crippen LogP contribution in [-0.4, -0.2) is 12.5 Å². The molecule has 1 heterocycles. The van der Waals surface area contributed by atoms with Gasteiger partial charge in [-0.25, -0.2) is 0 Å². The Kier molecular flexibility index (Phi) is 5.40. The van der Waals surface area contributed by atoms with Crippen molar-refractivity contribution in [3.05, 3.63) is 21.9 Å². The van der Waals surface area contributed by atoms with E-state index in [0.717, 1.165) is 38.6 Å². The third-order valence-corrected chi connectivity index (χ3v) is 5.16. The molecule has 1 amide bonds. The molecule has 0 atom stereocenters. The van der Waals surface area contributed by atoms with E-state index < -0.39 is 0 Å². The average molecular weight is 280 g/mol. The second kappa shape index (κ2) is 7.06. The van der Waals surface area contributed by atoms with E-state index in [-0.39, 0.29) is 11.8 Å². The molecule has 1 aromatic heterocycles. The summed E-state index contributed by atoms with van der Waals surface area (Å²) in [6.07, 6.45) is 5.25. The standard InChI is InChI=1S/C15H24N2OS/c1-2-12-7-8-19-14(12)10-17-15(18)13-5-3-11(9-16)4-6-13/h7-8,11,13H,2-6,9-10,16H2,1H3,(H,17,18). The van der Waals surface area contributed by atoms with Crippen molar-refractivity contribution in [3.8, 4) is 0 Å². The number of nitrogens with two attached hydrogens (primary N) is 1. The third kappa shape index (κ3) is 3.80. The van der Waals surface area contributed by atoms with Crippen LogP contribution >= 0.6 is 11.3 Å². The van der Waals surface area contributed by atoms with E-state index >= 15 is 0 Å². The second-order valence-electron chi connectivity index (χ2n) is 5.39. The van der Waals surface area contributed by atoms with Crippen molar-refractivity contribution in [1.82, 2.24) is 5.32 Å². The first-order valence-electron chi connectivity index (χ1n) is 7.27. The van der Waals surface area contributed by atoms with Crippen LogP contribution in [0.5, 0.6) is 0 Å². The summed E-state index contributed by atoms with van der Waals surface area (Å²) in [5.74, 6) is 1.06.